The molecule has 0 unspecified atom stereocenters. The number of hydrogen-bond acceptors (Lipinski definition) is 5. The SMILES string of the molecule is CCC[C@H]1C(=O)Nc2ccccc2CN1c1nc(N)cc(=O)[nH]1. The first-order chi connectivity index (χ1) is 11.1. The lowest BCUT2D eigenvalue weighted by Gasteiger charge is -2.28. The monoisotopic (exact) mass is 313 g/mol. The summed E-state index contributed by atoms with van der Waals surface area (Å²) >= 11 is 0. The fourth-order valence-electron chi connectivity index (χ4n) is 2.81. The molecule has 0 fully saturated rings. The number of benzene rings is 1. The molecule has 120 valence electrons. The van der Waals surface area contributed by atoms with Crippen LogP contribution in [0.2, 0.25) is 0 Å². The van der Waals surface area contributed by atoms with E-state index in [1.54, 1.807) is 0 Å². The number of carbonyl (C=O) groups excluding carboxylic acids is 1. The number of aromatic amines is 1. The smallest absolute Gasteiger partial charge is 0.254 e. The number of nitrogen functional groups attached to an aromatic ring is 1. The van der Waals surface area contributed by atoms with Crippen molar-refractivity contribution in [3.05, 3.63) is 46.2 Å². The highest BCUT2D eigenvalue weighted by atomic mass is 16.2. The maximum Gasteiger partial charge on any atom is 0.254 e. The van der Waals surface area contributed by atoms with Gasteiger partial charge in [0.15, 0.2) is 0 Å². The van der Waals surface area contributed by atoms with Crippen LogP contribution in [0.15, 0.2) is 35.1 Å². The zero-order chi connectivity index (χ0) is 16.4. The first kappa shape index (κ1) is 15.1. The molecule has 0 aliphatic carbocycles. The lowest BCUT2D eigenvalue weighted by molar-refractivity contribution is -0.117. The van der Waals surface area contributed by atoms with Crippen LogP contribution in [0, 0.1) is 0 Å². The quantitative estimate of drug-likeness (QED) is 0.796. The Kier molecular flexibility index (Phi) is 4.01. The zero-order valence-corrected chi connectivity index (χ0v) is 12.9. The molecular weight excluding hydrogens is 294 g/mol. The maximum atomic E-state index is 12.6. The largest absolute Gasteiger partial charge is 0.383 e. The average molecular weight is 313 g/mol. The molecule has 7 nitrogen and oxygen atoms in total. The second kappa shape index (κ2) is 6.12. The summed E-state index contributed by atoms with van der Waals surface area (Å²) in [4.78, 5) is 33.0. The number of aromatic nitrogens is 2. The summed E-state index contributed by atoms with van der Waals surface area (Å²) in [6.45, 7) is 2.48. The topological polar surface area (TPSA) is 104 Å². The molecule has 0 saturated heterocycles. The Morgan fingerprint density at radius 2 is 2.13 bits per heavy atom. The molecule has 0 spiro atoms. The Labute approximate surface area is 133 Å². The Morgan fingerprint density at radius 1 is 1.35 bits per heavy atom. The van der Waals surface area contributed by atoms with Gasteiger partial charge in [0.25, 0.3) is 5.56 Å². The molecule has 1 aromatic heterocycles. The molecule has 0 radical (unpaired) electrons. The van der Waals surface area contributed by atoms with Crippen LogP contribution in [0.1, 0.15) is 25.3 Å². The van der Waals surface area contributed by atoms with Gasteiger partial charge in [-0.05, 0) is 18.1 Å². The van der Waals surface area contributed by atoms with Gasteiger partial charge in [-0.3, -0.25) is 14.6 Å². The van der Waals surface area contributed by atoms with Crippen molar-refractivity contribution in [1.82, 2.24) is 9.97 Å². The van der Waals surface area contributed by atoms with Gasteiger partial charge in [-0.15, -0.1) is 0 Å². The van der Waals surface area contributed by atoms with Gasteiger partial charge in [-0.2, -0.15) is 4.98 Å². The van der Waals surface area contributed by atoms with E-state index in [0.717, 1.165) is 17.7 Å². The third-order valence-corrected chi connectivity index (χ3v) is 3.88. The molecule has 3 rings (SSSR count). The van der Waals surface area contributed by atoms with Crippen molar-refractivity contribution < 1.29 is 4.79 Å². The normalized spacial score (nSPS) is 17.3. The van der Waals surface area contributed by atoms with Gasteiger partial charge in [0, 0.05) is 18.3 Å². The zero-order valence-electron chi connectivity index (χ0n) is 12.9. The predicted octanol–water partition coefficient (Wildman–Crippen LogP) is 1.48. The first-order valence-corrected chi connectivity index (χ1v) is 7.60. The molecular formula is C16H19N5O2. The van der Waals surface area contributed by atoms with Crippen LogP contribution in [-0.4, -0.2) is 21.9 Å². The van der Waals surface area contributed by atoms with Gasteiger partial charge in [0.2, 0.25) is 11.9 Å². The Bertz CT molecular complexity index is 786. The number of para-hydroxylation sites is 1. The van der Waals surface area contributed by atoms with Crippen LogP contribution in [0.4, 0.5) is 17.5 Å². The highest BCUT2D eigenvalue weighted by molar-refractivity contribution is 5.98. The Balaban J connectivity index is 2.09. The Hall–Kier alpha value is -2.83. The highest BCUT2D eigenvalue weighted by Crippen LogP contribution is 2.27. The minimum atomic E-state index is -0.419. The van der Waals surface area contributed by atoms with Crippen molar-refractivity contribution in [2.75, 3.05) is 16.0 Å². The lowest BCUT2D eigenvalue weighted by Crippen LogP contribution is -2.43. The molecule has 4 N–H and O–H groups in total. The second-order valence-electron chi connectivity index (χ2n) is 5.57. The molecule has 1 aliphatic heterocycles. The van der Waals surface area contributed by atoms with E-state index in [4.69, 9.17) is 5.73 Å². The predicted molar refractivity (Wildman–Crippen MR) is 89.2 cm³/mol. The molecule has 0 bridgehead atoms. The number of amides is 1. The third-order valence-electron chi connectivity index (χ3n) is 3.88. The van der Waals surface area contributed by atoms with E-state index in [2.05, 4.69) is 15.3 Å². The number of anilines is 3. The number of H-pyrrole nitrogens is 1. The molecule has 1 atom stereocenters. The summed E-state index contributed by atoms with van der Waals surface area (Å²) in [5, 5.41) is 2.95. The van der Waals surface area contributed by atoms with E-state index in [0.29, 0.717) is 18.9 Å². The summed E-state index contributed by atoms with van der Waals surface area (Å²) < 4.78 is 0. The second-order valence-corrected chi connectivity index (χ2v) is 5.57. The van der Waals surface area contributed by atoms with Crippen LogP contribution in [0.3, 0.4) is 0 Å². The standard InChI is InChI=1S/C16H19N5O2/c1-2-5-12-15(23)18-11-7-4-3-6-10(11)9-21(12)16-19-13(17)8-14(22)20-16/h3-4,6-8,12H,2,5,9H2,1H3,(H,18,23)(H3,17,19,20,22)/t12-/m0/s1. The molecule has 7 heteroatoms. The van der Waals surface area contributed by atoms with Gasteiger partial charge in [-0.1, -0.05) is 31.5 Å². The average Bonchev–Trinajstić information content (AvgIpc) is 2.64. The minimum Gasteiger partial charge on any atom is -0.383 e. The third kappa shape index (κ3) is 3.03. The highest BCUT2D eigenvalue weighted by Gasteiger charge is 2.31. The molecule has 1 amide bonds. The van der Waals surface area contributed by atoms with E-state index in [1.165, 1.54) is 6.07 Å². The van der Waals surface area contributed by atoms with Gasteiger partial charge in [0.05, 0.1) is 0 Å². The van der Waals surface area contributed by atoms with Crippen LogP contribution >= 0.6 is 0 Å². The van der Waals surface area contributed by atoms with Gasteiger partial charge < -0.3 is 16.0 Å². The Morgan fingerprint density at radius 3 is 2.87 bits per heavy atom. The first-order valence-electron chi connectivity index (χ1n) is 7.60. The summed E-state index contributed by atoms with van der Waals surface area (Å²) in [5.74, 6) is 0.346. The summed E-state index contributed by atoms with van der Waals surface area (Å²) in [6, 6.07) is 8.42. The van der Waals surface area contributed by atoms with E-state index in [9.17, 15) is 9.59 Å². The fraction of sp³-hybridized carbons (Fsp3) is 0.312. The van der Waals surface area contributed by atoms with Crippen molar-refractivity contribution >= 4 is 23.4 Å². The number of rotatable bonds is 3. The van der Waals surface area contributed by atoms with E-state index >= 15 is 0 Å². The number of nitrogens with two attached hydrogens (primary N) is 1. The van der Waals surface area contributed by atoms with Crippen molar-refractivity contribution in [2.24, 2.45) is 0 Å². The van der Waals surface area contributed by atoms with Crippen molar-refractivity contribution in [1.29, 1.82) is 0 Å². The molecule has 1 aliphatic rings. The number of fused-ring (bicyclic) bond motifs is 1. The number of nitrogens with one attached hydrogen (secondary N) is 2. The number of carbonyl (C=O) groups is 1. The van der Waals surface area contributed by atoms with Crippen LogP contribution in [-0.2, 0) is 11.3 Å². The molecule has 0 saturated carbocycles. The maximum absolute atomic E-state index is 12.6. The molecule has 1 aromatic carbocycles. The van der Waals surface area contributed by atoms with Gasteiger partial charge in [-0.25, -0.2) is 0 Å². The van der Waals surface area contributed by atoms with Crippen LogP contribution in [0.25, 0.3) is 0 Å². The number of nitrogens with zero attached hydrogens (tertiary/aromatic N) is 2. The van der Waals surface area contributed by atoms with Crippen molar-refractivity contribution in [2.45, 2.75) is 32.4 Å². The molecule has 2 heterocycles. The van der Waals surface area contributed by atoms with Crippen molar-refractivity contribution in [3.63, 3.8) is 0 Å². The van der Waals surface area contributed by atoms with E-state index in [1.807, 2.05) is 36.1 Å². The number of hydrogen-bond donors (Lipinski definition) is 3. The molecule has 23 heavy (non-hydrogen) atoms. The van der Waals surface area contributed by atoms with E-state index in [-0.39, 0.29) is 17.3 Å². The fourth-order valence-corrected chi connectivity index (χ4v) is 2.81. The lowest BCUT2D eigenvalue weighted by atomic mass is 10.1. The molecule has 2 aromatic rings. The van der Waals surface area contributed by atoms with Crippen LogP contribution < -0.4 is 21.5 Å². The summed E-state index contributed by atoms with van der Waals surface area (Å²) in [6.07, 6.45) is 1.48. The minimum absolute atomic E-state index is 0.109. The van der Waals surface area contributed by atoms with Gasteiger partial charge >= 0.3 is 0 Å². The van der Waals surface area contributed by atoms with Crippen LogP contribution in [0.5, 0.6) is 0 Å². The van der Waals surface area contributed by atoms with Gasteiger partial charge in [0.1, 0.15) is 11.9 Å². The van der Waals surface area contributed by atoms with Crippen molar-refractivity contribution in [3.8, 4) is 0 Å². The summed E-state index contributed by atoms with van der Waals surface area (Å²) in [5.41, 5.74) is 7.11. The summed E-state index contributed by atoms with van der Waals surface area (Å²) in [7, 11) is 0. The van der Waals surface area contributed by atoms with E-state index < -0.39 is 6.04 Å².